The van der Waals surface area contributed by atoms with Gasteiger partial charge in [0.1, 0.15) is 10.9 Å². The van der Waals surface area contributed by atoms with Gasteiger partial charge in [-0.2, -0.15) is 0 Å². The van der Waals surface area contributed by atoms with Crippen molar-refractivity contribution in [2.75, 3.05) is 12.4 Å². The van der Waals surface area contributed by atoms with E-state index in [-0.39, 0.29) is 5.91 Å². The van der Waals surface area contributed by atoms with Gasteiger partial charge in [0, 0.05) is 39.3 Å². The van der Waals surface area contributed by atoms with Gasteiger partial charge in [-0.1, -0.05) is 27.5 Å². The summed E-state index contributed by atoms with van der Waals surface area (Å²) in [5, 5.41) is 4.43. The second kappa shape index (κ2) is 6.18. The molecule has 6 heteroatoms. The summed E-state index contributed by atoms with van der Waals surface area (Å²) in [6, 6.07) is 9.73. The molecule has 1 aliphatic heterocycles. The van der Waals surface area contributed by atoms with Crippen LogP contribution in [0.4, 0.5) is 5.69 Å². The highest BCUT2D eigenvalue weighted by molar-refractivity contribution is 9.10. The Kier molecular flexibility index (Phi) is 4.09. The van der Waals surface area contributed by atoms with Gasteiger partial charge in [0.15, 0.2) is 0 Å². The predicted molar refractivity (Wildman–Crippen MR) is 110 cm³/mol. The zero-order chi connectivity index (χ0) is 18.6. The van der Waals surface area contributed by atoms with Gasteiger partial charge < -0.3 is 14.6 Å². The Morgan fingerprint density at radius 3 is 2.77 bits per heavy atom. The minimum atomic E-state index is -0.134. The van der Waals surface area contributed by atoms with Crippen molar-refractivity contribution < 1.29 is 9.53 Å². The maximum atomic E-state index is 12.5. The number of amides is 1. The number of anilines is 1. The fourth-order valence-electron chi connectivity index (χ4n) is 3.37. The molecule has 0 saturated heterocycles. The number of nitrogens with one attached hydrogen (secondary N) is 1. The van der Waals surface area contributed by atoms with Gasteiger partial charge in [-0.3, -0.25) is 4.79 Å². The largest absolute Gasteiger partial charge is 0.496 e. The van der Waals surface area contributed by atoms with Crippen molar-refractivity contribution in [3.05, 3.63) is 56.6 Å². The first-order chi connectivity index (χ1) is 12.4. The molecule has 4 rings (SSSR count). The first-order valence-corrected chi connectivity index (χ1v) is 9.23. The summed E-state index contributed by atoms with van der Waals surface area (Å²) in [5.41, 5.74) is 5.08. The van der Waals surface area contributed by atoms with Crippen molar-refractivity contribution >= 4 is 61.7 Å². The van der Waals surface area contributed by atoms with Crippen molar-refractivity contribution in [1.82, 2.24) is 4.57 Å². The lowest BCUT2D eigenvalue weighted by molar-refractivity contribution is -0.110. The molecule has 1 amide bonds. The van der Waals surface area contributed by atoms with Crippen LogP contribution in [-0.4, -0.2) is 17.6 Å². The van der Waals surface area contributed by atoms with E-state index in [0.717, 1.165) is 43.5 Å². The van der Waals surface area contributed by atoms with Crippen molar-refractivity contribution in [3.8, 4) is 5.75 Å². The Bertz CT molecular complexity index is 1110. The van der Waals surface area contributed by atoms with Crippen molar-refractivity contribution in [2.24, 2.45) is 7.05 Å². The highest BCUT2D eigenvalue weighted by atomic mass is 79.9. The first kappa shape index (κ1) is 17.2. The monoisotopic (exact) mass is 430 g/mol. The number of benzene rings is 2. The number of methoxy groups -OCH3 is 1. The lowest BCUT2D eigenvalue weighted by atomic mass is 10.0. The number of fused-ring (bicyclic) bond motifs is 2. The summed E-state index contributed by atoms with van der Waals surface area (Å²) in [5.74, 6) is 0.656. The van der Waals surface area contributed by atoms with Crippen LogP contribution in [0.15, 0.2) is 34.8 Å². The number of aromatic nitrogens is 1. The van der Waals surface area contributed by atoms with Crippen LogP contribution in [-0.2, 0) is 11.8 Å². The second-order valence-corrected chi connectivity index (χ2v) is 7.58. The Hall–Kier alpha value is -2.24. The second-order valence-electron chi connectivity index (χ2n) is 6.30. The third-order valence-electron chi connectivity index (χ3n) is 4.73. The molecule has 1 N–H and O–H groups in total. The summed E-state index contributed by atoms with van der Waals surface area (Å²) in [4.78, 5) is 12.5. The molecule has 1 aliphatic rings. The number of nitrogens with zero attached hydrogens (tertiary/aromatic N) is 1. The number of carbonyl (C=O) groups is 1. The Morgan fingerprint density at radius 2 is 2.04 bits per heavy atom. The van der Waals surface area contributed by atoms with Crippen molar-refractivity contribution in [1.29, 1.82) is 0 Å². The number of carbonyl (C=O) groups excluding carboxylic acids is 1. The highest BCUT2D eigenvalue weighted by Gasteiger charge is 2.25. The van der Waals surface area contributed by atoms with Crippen LogP contribution >= 0.6 is 27.5 Å². The highest BCUT2D eigenvalue weighted by Crippen LogP contribution is 2.39. The van der Waals surface area contributed by atoms with E-state index in [1.165, 1.54) is 0 Å². The van der Waals surface area contributed by atoms with Gasteiger partial charge in [0.2, 0.25) is 0 Å². The van der Waals surface area contributed by atoms with Crippen LogP contribution in [0.1, 0.15) is 16.7 Å². The summed E-state index contributed by atoms with van der Waals surface area (Å²) in [6.45, 7) is 2.00. The van der Waals surface area contributed by atoms with Gasteiger partial charge in [0.25, 0.3) is 5.91 Å². The molecule has 132 valence electrons. The smallest absolute Gasteiger partial charge is 0.256 e. The van der Waals surface area contributed by atoms with Crippen LogP contribution in [0.2, 0.25) is 5.15 Å². The molecule has 3 aromatic rings. The molecule has 0 fully saturated rings. The van der Waals surface area contributed by atoms with E-state index in [9.17, 15) is 4.79 Å². The van der Waals surface area contributed by atoms with Crippen molar-refractivity contribution in [3.63, 3.8) is 0 Å². The molecular weight excluding hydrogens is 416 g/mol. The number of rotatable bonds is 2. The standard InChI is InChI=1S/C20H16BrClN2O2/c1-10-6-17-13(9-18(10)26-3)14(19(22)24(17)2)8-15-12-7-11(21)4-5-16(12)23-20(15)25/h4-9H,1-3H3,(H,23,25)/b15-8+. The molecular formula is C20H16BrClN2O2. The summed E-state index contributed by atoms with van der Waals surface area (Å²) in [6.07, 6.45) is 1.85. The molecule has 26 heavy (non-hydrogen) atoms. The van der Waals surface area contributed by atoms with E-state index in [4.69, 9.17) is 16.3 Å². The molecule has 2 heterocycles. The molecule has 0 radical (unpaired) electrons. The van der Waals surface area contributed by atoms with Crippen LogP contribution in [0.5, 0.6) is 5.75 Å². The minimum absolute atomic E-state index is 0.134. The lowest BCUT2D eigenvalue weighted by Gasteiger charge is -2.06. The molecule has 0 atom stereocenters. The van der Waals surface area contributed by atoms with Gasteiger partial charge >= 0.3 is 0 Å². The van der Waals surface area contributed by atoms with Crippen LogP contribution in [0, 0.1) is 6.92 Å². The van der Waals surface area contributed by atoms with Gasteiger partial charge in [-0.05, 0) is 48.9 Å². The van der Waals surface area contributed by atoms with Gasteiger partial charge in [-0.15, -0.1) is 0 Å². The van der Waals surface area contributed by atoms with E-state index in [1.807, 2.05) is 54.9 Å². The summed E-state index contributed by atoms with van der Waals surface area (Å²) >= 11 is 10.1. The number of hydrogen-bond acceptors (Lipinski definition) is 2. The summed E-state index contributed by atoms with van der Waals surface area (Å²) in [7, 11) is 3.56. The molecule has 0 saturated carbocycles. The first-order valence-electron chi connectivity index (χ1n) is 8.06. The maximum absolute atomic E-state index is 12.5. The normalized spacial score (nSPS) is 14.8. The average Bonchev–Trinajstić information content (AvgIpc) is 3.04. The van der Waals surface area contributed by atoms with Crippen LogP contribution in [0.25, 0.3) is 22.6 Å². The number of halogens is 2. The topological polar surface area (TPSA) is 43.3 Å². The molecule has 0 unspecified atom stereocenters. The van der Waals surface area contributed by atoms with E-state index in [1.54, 1.807) is 7.11 Å². The summed E-state index contributed by atoms with van der Waals surface area (Å²) < 4.78 is 8.30. The maximum Gasteiger partial charge on any atom is 0.256 e. The van der Waals surface area contributed by atoms with E-state index in [2.05, 4.69) is 21.2 Å². The average molecular weight is 432 g/mol. The van der Waals surface area contributed by atoms with Gasteiger partial charge in [-0.25, -0.2) is 0 Å². The molecule has 0 spiro atoms. The quantitative estimate of drug-likeness (QED) is 0.552. The number of ether oxygens (including phenoxy) is 1. The van der Waals surface area contributed by atoms with Crippen LogP contribution in [0.3, 0.4) is 0 Å². The number of hydrogen-bond donors (Lipinski definition) is 1. The molecule has 2 aromatic carbocycles. The zero-order valence-corrected chi connectivity index (χ0v) is 16.8. The minimum Gasteiger partial charge on any atom is -0.496 e. The fraction of sp³-hybridized carbons (Fsp3) is 0.150. The van der Waals surface area contributed by atoms with Gasteiger partial charge in [0.05, 0.1) is 12.6 Å². The molecule has 0 aliphatic carbocycles. The molecule has 4 nitrogen and oxygen atoms in total. The Balaban J connectivity index is 1.99. The molecule has 0 bridgehead atoms. The SMILES string of the molecule is COc1cc2c(/C=C3/C(=O)Nc4ccc(Br)cc43)c(Cl)n(C)c2cc1C. The van der Waals surface area contributed by atoms with E-state index >= 15 is 0 Å². The molecule has 1 aromatic heterocycles. The number of aryl methyl sites for hydroxylation is 2. The third-order valence-corrected chi connectivity index (χ3v) is 5.69. The fourth-order valence-corrected chi connectivity index (χ4v) is 3.98. The van der Waals surface area contributed by atoms with E-state index < -0.39 is 0 Å². The van der Waals surface area contributed by atoms with Crippen LogP contribution < -0.4 is 10.1 Å². The lowest BCUT2D eigenvalue weighted by Crippen LogP contribution is -2.03. The Morgan fingerprint density at radius 1 is 1.27 bits per heavy atom. The third kappa shape index (κ3) is 2.54. The predicted octanol–water partition coefficient (Wildman–Crippen LogP) is 5.40. The van der Waals surface area contributed by atoms with Crippen molar-refractivity contribution in [2.45, 2.75) is 6.92 Å². The van der Waals surface area contributed by atoms with E-state index in [0.29, 0.717) is 10.7 Å². The Labute approximate surface area is 164 Å². The zero-order valence-electron chi connectivity index (χ0n) is 14.5.